The summed E-state index contributed by atoms with van der Waals surface area (Å²) in [5, 5.41) is 0. The minimum atomic E-state index is -1.23. The first-order chi connectivity index (χ1) is 7.67. The van der Waals surface area contributed by atoms with E-state index in [1.54, 1.807) is 20.8 Å². The van der Waals surface area contributed by atoms with Crippen LogP contribution in [0.1, 0.15) is 41.0 Å². The summed E-state index contributed by atoms with van der Waals surface area (Å²) in [6.45, 7) is 9.44. The quantitative estimate of drug-likeness (QED) is 0.571. The van der Waals surface area contributed by atoms with Gasteiger partial charge in [0.2, 0.25) is 5.60 Å². The van der Waals surface area contributed by atoms with Gasteiger partial charge in [-0.25, -0.2) is 10.7 Å². The van der Waals surface area contributed by atoms with E-state index in [0.29, 0.717) is 6.42 Å². The topological polar surface area (TPSA) is 70.8 Å². The van der Waals surface area contributed by atoms with Crippen molar-refractivity contribution in [2.45, 2.75) is 52.2 Å². The van der Waals surface area contributed by atoms with Crippen LogP contribution in [0.2, 0.25) is 0 Å². The Morgan fingerprint density at radius 1 is 1.29 bits per heavy atom. The molecule has 2 N–H and O–H groups in total. The molecular weight excluding hydrogens is 222 g/mol. The fourth-order valence-corrected chi connectivity index (χ4v) is 1.60. The molecule has 0 aliphatic rings. The lowest BCUT2D eigenvalue weighted by Gasteiger charge is -2.33. The molecule has 0 rings (SSSR count). The van der Waals surface area contributed by atoms with Gasteiger partial charge in [0.15, 0.2) is 0 Å². The van der Waals surface area contributed by atoms with Crippen LogP contribution in [0.5, 0.6) is 0 Å². The molecule has 0 heterocycles. The second-order valence-electron chi connectivity index (χ2n) is 5.65. The van der Waals surface area contributed by atoms with Crippen LogP contribution in [0, 0.1) is 5.92 Å². The molecule has 0 aliphatic carbocycles. The molecular formula is C12H25NO4. The van der Waals surface area contributed by atoms with E-state index in [1.165, 1.54) is 7.11 Å². The SMILES string of the molecule is COCC(CC(C)C)(ON)C(=O)OC(C)(C)C. The van der Waals surface area contributed by atoms with E-state index in [4.69, 9.17) is 20.2 Å². The third-order valence-electron chi connectivity index (χ3n) is 2.11. The molecule has 0 aliphatic heterocycles. The fourth-order valence-electron chi connectivity index (χ4n) is 1.60. The van der Waals surface area contributed by atoms with Crippen LogP contribution in [0.4, 0.5) is 0 Å². The second kappa shape index (κ2) is 6.33. The molecule has 5 nitrogen and oxygen atoms in total. The maximum atomic E-state index is 12.1. The molecule has 1 atom stereocenters. The van der Waals surface area contributed by atoms with Crippen molar-refractivity contribution < 1.29 is 19.1 Å². The minimum Gasteiger partial charge on any atom is -0.458 e. The Kier molecular flexibility index (Phi) is 6.09. The fraction of sp³-hybridized carbons (Fsp3) is 0.917. The standard InChI is InChI=1S/C12H25NO4/c1-9(2)7-12(17-13,8-15-6)10(14)16-11(3,4)5/h9H,7-8,13H2,1-6H3. The van der Waals surface area contributed by atoms with Gasteiger partial charge in [0.05, 0.1) is 6.61 Å². The van der Waals surface area contributed by atoms with Crippen molar-refractivity contribution >= 4 is 5.97 Å². The molecule has 17 heavy (non-hydrogen) atoms. The van der Waals surface area contributed by atoms with E-state index < -0.39 is 17.2 Å². The van der Waals surface area contributed by atoms with Gasteiger partial charge in [-0.2, -0.15) is 0 Å². The van der Waals surface area contributed by atoms with E-state index in [9.17, 15) is 4.79 Å². The predicted octanol–water partition coefficient (Wildman–Crippen LogP) is 1.65. The third kappa shape index (κ3) is 5.48. The molecule has 5 heteroatoms. The maximum Gasteiger partial charge on any atom is 0.343 e. The number of ether oxygens (including phenoxy) is 2. The van der Waals surface area contributed by atoms with Crippen molar-refractivity contribution in [2.24, 2.45) is 11.8 Å². The van der Waals surface area contributed by atoms with Crippen molar-refractivity contribution in [3.8, 4) is 0 Å². The summed E-state index contributed by atoms with van der Waals surface area (Å²) in [6, 6.07) is 0. The molecule has 0 aromatic carbocycles. The minimum absolute atomic E-state index is 0.0800. The zero-order valence-electron chi connectivity index (χ0n) is 11.7. The lowest BCUT2D eigenvalue weighted by Crippen LogP contribution is -2.51. The van der Waals surface area contributed by atoms with Gasteiger partial charge in [0.25, 0.3) is 0 Å². The van der Waals surface area contributed by atoms with E-state index in [-0.39, 0.29) is 12.5 Å². The number of hydrogen-bond acceptors (Lipinski definition) is 5. The zero-order chi connectivity index (χ0) is 13.7. The van der Waals surface area contributed by atoms with Gasteiger partial charge in [-0.1, -0.05) is 13.8 Å². The molecule has 0 saturated carbocycles. The number of carbonyl (C=O) groups excluding carboxylic acids is 1. The molecule has 0 fully saturated rings. The lowest BCUT2D eigenvalue weighted by molar-refractivity contribution is -0.194. The smallest absolute Gasteiger partial charge is 0.343 e. The average molecular weight is 247 g/mol. The second-order valence-corrected chi connectivity index (χ2v) is 5.65. The summed E-state index contributed by atoms with van der Waals surface area (Å²) in [4.78, 5) is 17.0. The monoisotopic (exact) mass is 247 g/mol. The highest BCUT2D eigenvalue weighted by Gasteiger charge is 2.43. The van der Waals surface area contributed by atoms with Gasteiger partial charge >= 0.3 is 5.97 Å². The van der Waals surface area contributed by atoms with Crippen LogP contribution in [-0.2, 0) is 19.1 Å². The van der Waals surface area contributed by atoms with Crippen molar-refractivity contribution in [1.29, 1.82) is 0 Å². The van der Waals surface area contributed by atoms with E-state index in [2.05, 4.69) is 0 Å². The largest absolute Gasteiger partial charge is 0.458 e. The van der Waals surface area contributed by atoms with Crippen molar-refractivity contribution in [1.82, 2.24) is 0 Å². The number of esters is 1. The number of hydrogen-bond donors (Lipinski definition) is 1. The van der Waals surface area contributed by atoms with E-state index >= 15 is 0 Å². The first-order valence-electron chi connectivity index (χ1n) is 5.77. The van der Waals surface area contributed by atoms with Crippen molar-refractivity contribution in [3.05, 3.63) is 0 Å². The van der Waals surface area contributed by atoms with Gasteiger partial charge in [-0.3, -0.25) is 4.84 Å². The number of nitrogens with two attached hydrogens (primary N) is 1. The van der Waals surface area contributed by atoms with E-state index in [0.717, 1.165) is 0 Å². The Hall–Kier alpha value is -0.650. The van der Waals surface area contributed by atoms with Gasteiger partial charge in [0, 0.05) is 7.11 Å². The predicted molar refractivity (Wildman–Crippen MR) is 65.2 cm³/mol. The first-order valence-corrected chi connectivity index (χ1v) is 5.77. The highest BCUT2D eigenvalue weighted by atomic mass is 16.7. The summed E-state index contributed by atoms with van der Waals surface area (Å²) in [6.07, 6.45) is 0.451. The average Bonchev–Trinajstić information content (AvgIpc) is 2.13. The Balaban J connectivity index is 4.94. The van der Waals surface area contributed by atoms with E-state index in [1.807, 2.05) is 13.8 Å². The molecule has 0 saturated heterocycles. The molecule has 0 amide bonds. The Morgan fingerprint density at radius 3 is 2.12 bits per heavy atom. The molecule has 1 unspecified atom stereocenters. The maximum absolute atomic E-state index is 12.1. The number of methoxy groups -OCH3 is 1. The van der Waals surface area contributed by atoms with Gasteiger partial charge in [-0.15, -0.1) is 0 Å². The Morgan fingerprint density at radius 2 is 1.82 bits per heavy atom. The van der Waals surface area contributed by atoms with Crippen LogP contribution >= 0.6 is 0 Å². The molecule has 0 bridgehead atoms. The van der Waals surface area contributed by atoms with Crippen LogP contribution in [0.3, 0.4) is 0 Å². The van der Waals surface area contributed by atoms with Crippen LogP contribution in [-0.4, -0.2) is 30.9 Å². The molecule has 0 spiro atoms. The Bertz CT molecular complexity index is 247. The van der Waals surface area contributed by atoms with Crippen molar-refractivity contribution in [3.63, 3.8) is 0 Å². The Labute approximate surface area is 104 Å². The number of carbonyl (C=O) groups is 1. The van der Waals surface area contributed by atoms with Crippen LogP contribution < -0.4 is 5.90 Å². The highest BCUT2D eigenvalue weighted by Crippen LogP contribution is 2.24. The van der Waals surface area contributed by atoms with Gasteiger partial charge in [0.1, 0.15) is 5.60 Å². The third-order valence-corrected chi connectivity index (χ3v) is 2.11. The molecule has 0 aromatic heterocycles. The zero-order valence-corrected chi connectivity index (χ0v) is 11.7. The lowest BCUT2D eigenvalue weighted by atomic mass is 9.92. The van der Waals surface area contributed by atoms with Crippen LogP contribution in [0.15, 0.2) is 0 Å². The molecule has 0 aromatic rings. The molecule has 102 valence electrons. The summed E-state index contributed by atoms with van der Waals surface area (Å²) in [5.74, 6) is 5.04. The first kappa shape index (κ1) is 16.4. The summed E-state index contributed by atoms with van der Waals surface area (Å²) >= 11 is 0. The van der Waals surface area contributed by atoms with Crippen molar-refractivity contribution in [2.75, 3.05) is 13.7 Å². The normalized spacial score (nSPS) is 15.8. The van der Waals surface area contributed by atoms with Gasteiger partial charge < -0.3 is 9.47 Å². The number of rotatable bonds is 6. The molecule has 0 radical (unpaired) electrons. The van der Waals surface area contributed by atoms with Crippen LogP contribution in [0.25, 0.3) is 0 Å². The summed E-state index contributed by atoms with van der Waals surface area (Å²) in [5.41, 5.74) is -1.80. The summed E-state index contributed by atoms with van der Waals surface area (Å²) in [7, 11) is 1.50. The van der Waals surface area contributed by atoms with Gasteiger partial charge in [-0.05, 0) is 33.1 Å². The highest BCUT2D eigenvalue weighted by molar-refractivity contribution is 5.80. The summed E-state index contributed by atoms with van der Waals surface area (Å²) < 4.78 is 10.4.